The number of nitrogens with zero attached hydrogens (tertiary/aromatic N) is 1. The average Bonchev–Trinajstić information content (AvgIpc) is 2.37. The molecular formula is C14H19NO4. The molecule has 0 aromatic heterocycles. The number of carboxylic acid groups (broad SMARTS) is 1. The number of benzene rings is 1. The van der Waals surface area contributed by atoms with Crippen molar-refractivity contribution >= 4 is 17.6 Å². The molecule has 0 aliphatic heterocycles. The summed E-state index contributed by atoms with van der Waals surface area (Å²) in [4.78, 5) is 23.7. The van der Waals surface area contributed by atoms with Crippen LogP contribution in [0.2, 0.25) is 0 Å². The molecule has 104 valence electrons. The zero-order chi connectivity index (χ0) is 14.3. The number of para-hydroxylation sites is 2. The molecule has 5 nitrogen and oxygen atoms in total. The Bertz CT molecular complexity index is 445. The molecule has 1 amide bonds. The van der Waals surface area contributed by atoms with Crippen molar-refractivity contribution < 1.29 is 19.4 Å². The Morgan fingerprint density at radius 2 is 2.00 bits per heavy atom. The second-order valence-corrected chi connectivity index (χ2v) is 4.13. The molecular weight excluding hydrogens is 246 g/mol. The zero-order valence-electron chi connectivity index (χ0n) is 11.3. The molecule has 0 heterocycles. The Balaban J connectivity index is 2.94. The Labute approximate surface area is 112 Å². The van der Waals surface area contributed by atoms with E-state index in [0.29, 0.717) is 18.0 Å². The minimum Gasteiger partial charge on any atom is -0.491 e. The van der Waals surface area contributed by atoms with Crippen LogP contribution in [0.1, 0.15) is 26.7 Å². The largest absolute Gasteiger partial charge is 0.491 e. The van der Waals surface area contributed by atoms with Crippen molar-refractivity contribution in [2.45, 2.75) is 26.7 Å². The van der Waals surface area contributed by atoms with E-state index in [1.54, 1.807) is 18.2 Å². The summed E-state index contributed by atoms with van der Waals surface area (Å²) in [6, 6.07) is 7.16. The van der Waals surface area contributed by atoms with Gasteiger partial charge < -0.3 is 14.7 Å². The summed E-state index contributed by atoms with van der Waals surface area (Å²) >= 11 is 0. The first-order valence-electron chi connectivity index (χ1n) is 6.28. The third-order valence-electron chi connectivity index (χ3n) is 2.55. The van der Waals surface area contributed by atoms with Crippen LogP contribution in [0.5, 0.6) is 5.75 Å². The van der Waals surface area contributed by atoms with Gasteiger partial charge in [-0.05, 0) is 18.6 Å². The fraction of sp³-hybridized carbons (Fsp3) is 0.429. The monoisotopic (exact) mass is 265 g/mol. The highest BCUT2D eigenvalue weighted by molar-refractivity contribution is 5.93. The molecule has 0 radical (unpaired) electrons. The summed E-state index contributed by atoms with van der Waals surface area (Å²) in [6.07, 6.45) is 0.769. The van der Waals surface area contributed by atoms with Crippen molar-refractivity contribution in [2.24, 2.45) is 0 Å². The van der Waals surface area contributed by atoms with Gasteiger partial charge in [-0.15, -0.1) is 0 Å². The molecule has 0 aliphatic rings. The van der Waals surface area contributed by atoms with Crippen molar-refractivity contribution in [1.82, 2.24) is 0 Å². The molecule has 0 bridgehead atoms. The molecule has 1 N–H and O–H groups in total. The number of aliphatic carboxylic acids is 1. The van der Waals surface area contributed by atoms with Crippen LogP contribution in [0.15, 0.2) is 24.3 Å². The van der Waals surface area contributed by atoms with Crippen molar-refractivity contribution in [2.75, 3.05) is 18.1 Å². The number of rotatable bonds is 7. The lowest BCUT2D eigenvalue weighted by Gasteiger charge is -2.23. The minimum absolute atomic E-state index is 0.0955. The molecule has 1 aromatic rings. The van der Waals surface area contributed by atoms with Gasteiger partial charge in [-0.1, -0.05) is 19.1 Å². The van der Waals surface area contributed by atoms with E-state index < -0.39 is 5.97 Å². The lowest BCUT2D eigenvalue weighted by atomic mass is 10.2. The summed E-state index contributed by atoms with van der Waals surface area (Å²) in [5.74, 6) is -0.531. The lowest BCUT2D eigenvalue weighted by molar-refractivity contribution is -0.136. The van der Waals surface area contributed by atoms with Crippen LogP contribution in [0.3, 0.4) is 0 Å². The average molecular weight is 265 g/mol. The van der Waals surface area contributed by atoms with Gasteiger partial charge in [0.25, 0.3) is 0 Å². The molecule has 0 fully saturated rings. The molecule has 0 saturated heterocycles. The van der Waals surface area contributed by atoms with Crippen LogP contribution in [0, 0.1) is 0 Å². The van der Waals surface area contributed by atoms with E-state index in [4.69, 9.17) is 9.84 Å². The van der Waals surface area contributed by atoms with Gasteiger partial charge in [0.05, 0.1) is 18.7 Å². The summed E-state index contributed by atoms with van der Waals surface area (Å²) in [5.41, 5.74) is 0.615. The van der Waals surface area contributed by atoms with E-state index >= 15 is 0 Å². The highest BCUT2D eigenvalue weighted by Crippen LogP contribution is 2.28. The van der Waals surface area contributed by atoms with Crippen molar-refractivity contribution in [3.05, 3.63) is 24.3 Å². The first-order chi connectivity index (χ1) is 9.06. The molecule has 1 aromatic carbocycles. The Morgan fingerprint density at radius 1 is 1.32 bits per heavy atom. The molecule has 1 rings (SSSR count). The SMILES string of the molecule is CCCOc1ccccc1N(CCC(=O)O)C(C)=O. The first-order valence-corrected chi connectivity index (χ1v) is 6.28. The van der Waals surface area contributed by atoms with Gasteiger partial charge in [0, 0.05) is 13.5 Å². The van der Waals surface area contributed by atoms with Gasteiger partial charge in [-0.2, -0.15) is 0 Å². The topological polar surface area (TPSA) is 66.8 Å². The Hall–Kier alpha value is -2.04. The van der Waals surface area contributed by atoms with Crippen LogP contribution in [-0.2, 0) is 9.59 Å². The highest BCUT2D eigenvalue weighted by atomic mass is 16.5. The smallest absolute Gasteiger partial charge is 0.305 e. The van der Waals surface area contributed by atoms with E-state index in [0.717, 1.165) is 6.42 Å². The predicted octanol–water partition coefficient (Wildman–Crippen LogP) is 2.30. The van der Waals surface area contributed by atoms with Gasteiger partial charge in [0.2, 0.25) is 5.91 Å². The van der Waals surface area contributed by atoms with Crippen LogP contribution >= 0.6 is 0 Å². The van der Waals surface area contributed by atoms with Gasteiger partial charge in [-0.25, -0.2) is 0 Å². The number of ether oxygens (including phenoxy) is 1. The van der Waals surface area contributed by atoms with E-state index in [-0.39, 0.29) is 18.9 Å². The van der Waals surface area contributed by atoms with Crippen molar-refractivity contribution in [3.8, 4) is 5.75 Å². The van der Waals surface area contributed by atoms with Crippen LogP contribution in [0.25, 0.3) is 0 Å². The number of anilines is 1. The fourth-order valence-electron chi connectivity index (χ4n) is 1.67. The maximum absolute atomic E-state index is 11.7. The van der Waals surface area contributed by atoms with Crippen molar-refractivity contribution in [3.63, 3.8) is 0 Å². The van der Waals surface area contributed by atoms with Gasteiger partial charge in [0.15, 0.2) is 0 Å². The second kappa shape index (κ2) is 7.41. The highest BCUT2D eigenvalue weighted by Gasteiger charge is 2.16. The summed E-state index contributed by atoms with van der Waals surface area (Å²) < 4.78 is 5.58. The van der Waals surface area contributed by atoms with Gasteiger partial charge in [-0.3, -0.25) is 9.59 Å². The molecule has 0 aliphatic carbocycles. The molecule has 0 saturated carbocycles. The summed E-state index contributed by atoms with van der Waals surface area (Å²) in [6.45, 7) is 4.10. The normalized spacial score (nSPS) is 10.0. The maximum Gasteiger partial charge on any atom is 0.305 e. The molecule has 0 atom stereocenters. The van der Waals surface area contributed by atoms with E-state index in [9.17, 15) is 9.59 Å². The Morgan fingerprint density at radius 3 is 2.58 bits per heavy atom. The van der Waals surface area contributed by atoms with Gasteiger partial charge >= 0.3 is 5.97 Å². The number of hydrogen-bond acceptors (Lipinski definition) is 3. The van der Waals surface area contributed by atoms with Crippen molar-refractivity contribution in [1.29, 1.82) is 0 Å². The second-order valence-electron chi connectivity index (χ2n) is 4.13. The van der Waals surface area contributed by atoms with Crippen LogP contribution in [0.4, 0.5) is 5.69 Å². The van der Waals surface area contributed by atoms with Crippen LogP contribution in [-0.4, -0.2) is 30.1 Å². The number of carbonyl (C=O) groups excluding carboxylic acids is 1. The first kappa shape index (κ1) is 15.0. The third-order valence-corrected chi connectivity index (χ3v) is 2.55. The number of carbonyl (C=O) groups is 2. The summed E-state index contributed by atoms with van der Waals surface area (Å²) in [5, 5.41) is 8.73. The maximum atomic E-state index is 11.7. The zero-order valence-corrected chi connectivity index (χ0v) is 11.3. The minimum atomic E-state index is -0.932. The summed E-state index contributed by atoms with van der Waals surface area (Å²) in [7, 11) is 0. The van der Waals surface area contributed by atoms with E-state index in [1.807, 2.05) is 13.0 Å². The quantitative estimate of drug-likeness (QED) is 0.821. The lowest BCUT2D eigenvalue weighted by Crippen LogP contribution is -2.31. The fourth-order valence-corrected chi connectivity index (χ4v) is 1.67. The molecule has 5 heteroatoms. The number of hydrogen-bond donors (Lipinski definition) is 1. The van der Waals surface area contributed by atoms with Crippen LogP contribution < -0.4 is 9.64 Å². The Kier molecular flexibility index (Phi) is 5.85. The standard InChI is InChI=1S/C14H19NO4/c1-3-10-19-13-7-5-4-6-12(13)15(11(2)16)9-8-14(17)18/h4-7H,3,8-10H2,1-2H3,(H,17,18). The predicted molar refractivity (Wildman–Crippen MR) is 72.5 cm³/mol. The van der Waals surface area contributed by atoms with E-state index in [2.05, 4.69) is 0 Å². The van der Waals surface area contributed by atoms with Gasteiger partial charge in [0.1, 0.15) is 5.75 Å². The molecule has 0 unspecified atom stereocenters. The third kappa shape index (κ3) is 4.62. The number of carboxylic acids is 1. The number of amides is 1. The molecule has 19 heavy (non-hydrogen) atoms. The molecule has 0 spiro atoms. The van der Waals surface area contributed by atoms with E-state index in [1.165, 1.54) is 11.8 Å².